The topological polar surface area (TPSA) is 67.4 Å². The fraction of sp³-hybridized carbons (Fsp3) is 0.125. The van der Waals surface area contributed by atoms with E-state index in [9.17, 15) is 5.26 Å². The molecule has 0 spiro atoms. The van der Waals surface area contributed by atoms with Crippen LogP contribution in [0.3, 0.4) is 0 Å². The molecule has 1 aromatic carbocycles. The summed E-state index contributed by atoms with van der Waals surface area (Å²) in [5.41, 5.74) is 4.11. The van der Waals surface area contributed by atoms with Gasteiger partial charge in [0.15, 0.2) is 5.69 Å². The summed E-state index contributed by atoms with van der Waals surface area (Å²) in [6.45, 7) is 3.97. The molecule has 0 aliphatic rings. The molecule has 3 aromatic rings. The Labute approximate surface area is 132 Å². The Morgan fingerprint density at radius 1 is 1.18 bits per heavy atom. The molecular weight excluding hydrogens is 294 g/mol. The van der Waals surface area contributed by atoms with Crippen LogP contribution in [0.1, 0.15) is 28.2 Å². The van der Waals surface area contributed by atoms with Gasteiger partial charge in [0, 0.05) is 5.38 Å². The summed E-state index contributed by atoms with van der Waals surface area (Å²) in [5.74, 6) is 0. The third-order valence-electron chi connectivity index (χ3n) is 3.11. The largest absolute Gasteiger partial charge is 0.224 e. The second kappa shape index (κ2) is 5.92. The normalized spacial score (nSPS) is 11.0. The van der Waals surface area contributed by atoms with Crippen LogP contribution in [-0.4, -0.2) is 20.0 Å². The minimum Gasteiger partial charge on any atom is -0.224 e. The van der Waals surface area contributed by atoms with Crippen LogP contribution >= 0.6 is 11.3 Å². The lowest BCUT2D eigenvalue weighted by molar-refractivity contribution is 0.789. The minimum absolute atomic E-state index is 0.288. The monoisotopic (exact) mass is 307 g/mol. The Kier molecular flexibility index (Phi) is 3.81. The zero-order valence-corrected chi connectivity index (χ0v) is 13.0. The summed E-state index contributed by atoms with van der Waals surface area (Å²) in [7, 11) is 0. The number of benzene rings is 1. The smallest absolute Gasteiger partial charge is 0.212 e. The van der Waals surface area contributed by atoms with Crippen LogP contribution < -0.4 is 0 Å². The van der Waals surface area contributed by atoms with Gasteiger partial charge in [0.1, 0.15) is 11.8 Å². The van der Waals surface area contributed by atoms with Crippen molar-refractivity contribution in [1.29, 1.82) is 5.26 Å². The number of rotatable bonds is 3. The molecule has 0 atom stereocenters. The first-order valence-electron chi connectivity index (χ1n) is 6.70. The Hall–Kier alpha value is -2.78. The van der Waals surface area contributed by atoms with Gasteiger partial charge in [-0.25, -0.2) is 4.98 Å². The maximum absolute atomic E-state index is 9.20. The van der Waals surface area contributed by atoms with Gasteiger partial charge in [0.25, 0.3) is 0 Å². The molecule has 108 valence electrons. The second-order valence-electron chi connectivity index (χ2n) is 4.86. The zero-order valence-electron chi connectivity index (χ0n) is 12.2. The van der Waals surface area contributed by atoms with Crippen molar-refractivity contribution in [2.24, 2.45) is 0 Å². The fourth-order valence-electron chi connectivity index (χ4n) is 1.95. The molecular formula is C16H13N5S. The molecule has 2 aromatic heterocycles. The number of aromatic nitrogens is 4. The quantitative estimate of drug-likeness (QED) is 0.744. The van der Waals surface area contributed by atoms with Crippen LogP contribution in [0, 0.1) is 25.2 Å². The predicted octanol–water partition coefficient (Wildman–Crippen LogP) is 3.38. The highest BCUT2D eigenvalue weighted by Crippen LogP contribution is 2.19. The van der Waals surface area contributed by atoms with Crippen LogP contribution in [0.5, 0.6) is 0 Å². The second-order valence-corrected chi connectivity index (χ2v) is 5.70. The first-order chi connectivity index (χ1) is 10.7. The maximum Gasteiger partial charge on any atom is 0.212 e. The Morgan fingerprint density at radius 2 is 1.95 bits per heavy atom. The molecule has 5 nitrogen and oxygen atoms in total. The number of nitrogens with zero attached hydrogens (tertiary/aromatic N) is 5. The van der Waals surface area contributed by atoms with Crippen LogP contribution in [0.25, 0.3) is 17.3 Å². The van der Waals surface area contributed by atoms with Crippen molar-refractivity contribution in [3.63, 3.8) is 0 Å². The molecule has 2 heterocycles. The number of hydrogen-bond acceptors (Lipinski definition) is 5. The Bertz CT molecular complexity index is 865. The van der Waals surface area contributed by atoms with Crippen molar-refractivity contribution >= 4 is 23.5 Å². The minimum atomic E-state index is 0.288. The standard InChI is InChI=1S/C16H13N5S/c1-11-3-5-13(6-4-11)7-8-15-14(9-17)19-20-21(15)16-18-12(2)10-22-16/h3-8,10H,1-2H3/b8-7+. The average molecular weight is 307 g/mol. The summed E-state index contributed by atoms with van der Waals surface area (Å²) in [6, 6.07) is 10.2. The molecule has 22 heavy (non-hydrogen) atoms. The third-order valence-corrected chi connectivity index (χ3v) is 4.04. The average Bonchev–Trinajstić information content (AvgIpc) is 3.12. The molecule has 0 radical (unpaired) electrons. The SMILES string of the molecule is Cc1ccc(/C=C/c2c(C#N)nnn2-c2nc(C)cs2)cc1. The molecule has 0 saturated carbocycles. The van der Waals surface area contributed by atoms with Gasteiger partial charge >= 0.3 is 0 Å². The van der Waals surface area contributed by atoms with Crippen molar-refractivity contribution in [2.75, 3.05) is 0 Å². The molecule has 0 saturated heterocycles. The highest BCUT2D eigenvalue weighted by molar-refractivity contribution is 7.12. The molecule has 0 aliphatic carbocycles. The lowest BCUT2D eigenvalue weighted by Gasteiger charge is -1.98. The van der Waals surface area contributed by atoms with Gasteiger partial charge < -0.3 is 0 Å². The van der Waals surface area contributed by atoms with Gasteiger partial charge in [-0.1, -0.05) is 41.1 Å². The first-order valence-corrected chi connectivity index (χ1v) is 7.58. The van der Waals surface area contributed by atoms with Gasteiger partial charge in [-0.15, -0.1) is 16.4 Å². The first kappa shape index (κ1) is 14.2. The molecule has 0 amide bonds. The van der Waals surface area contributed by atoms with E-state index in [2.05, 4.69) is 21.4 Å². The van der Waals surface area contributed by atoms with E-state index < -0.39 is 0 Å². The lowest BCUT2D eigenvalue weighted by Crippen LogP contribution is -1.99. The van der Waals surface area contributed by atoms with Crippen LogP contribution in [0.4, 0.5) is 0 Å². The molecule has 0 aliphatic heterocycles. The summed E-state index contributed by atoms with van der Waals surface area (Å²) in [4.78, 5) is 4.39. The highest BCUT2D eigenvalue weighted by Gasteiger charge is 2.13. The zero-order chi connectivity index (χ0) is 15.5. The molecule has 6 heteroatoms. The van der Waals surface area contributed by atoms with Crippen molar-refractivity contribution in [3.05, 3.63) is 57.9 Å². The van der Waals surface area contributed by atoms with E-state index >= 15 is 0 Å². The Balaban J connectivity index is 2.00. The number of nitriles is 1. The van der Waals surface area contributed by atoms with Crippen molar-refractivity contribution in [3.8, 4) is 11.2 Å². The number of aryl methyl sites for hydroxylation is 2. The molecule has 0 N–H and O–H groups in total. The van der Waals surface area contributed by atoms with E-state index in [4.69, 9.17) is 0 Å². The van der Waals surface area contributed by atoms with Crippen molar-refractivity contribution < 1.29 is 0 Å². The maximum atomic E-state index is 9.20. The molecule has 0 unspecified atom stereocenters. The van der Waals surface area contributed by atoms with E-state index in [1.807, 2.05) is 55.6 Å². The highest BCUT2D eigenvalue weighted by atomic mass is 32.1. The van der Waals surface area contributed by atoms with Gasteiger partial charge in [0.2, 0.25) is 5.13 Å². The number of hydrogen-bond donors (Lipinski definition) is 0. The van der Waals surface area contributed by atoms with Crippen LogP contribution in [0.15, 0.2) is 29.6 Å². The summed E-state index contributed by atoms with van der Waals surface area (Å²) < 4.78 is 1.60. The van der Waals surface area contributed by atoms with E-state index in [1.54, 1.807) is 4.68 Å². The summed E-state index contributed by atoms with van der Waals surface area (Å²) in [5, 5.41) is 19.8. The van der Waals surface area contributed by atoms with Gasteiger partial charge in [0.05, 0.1) is 5.69 Å². The summed E-state index contributed by atoms with van der Waals surface area (Å²) in [6.07, 6.45) is 3.79. The van der Waals surface area contributed by atoms with Crippen molar-refractivity contribution in [2.45, 2.75) is 13.8 Å². The third kappa shape index (κ3) is 2.80. The molecule has 3 rings (SSSR count). The van der Waals surface area contributed by atoms with E-state index in [0.717, 1.165) is 11.3 Å². The lowest BCUT2D eigenvalue weighted by atomic mass is 10.1. The van der Waals surface area contributed by atoms with Crippen molar-refractivity contribution in [1.82, 2.24) is 20.0 Å². The van der Waals surface area contributed by atoms with E-state index in [-0.39, 0.29) is 5.69 Å². The summed E-state index contributed by atoms with van der Waals surface area (Å²) >= 11 is 1.47. The number of thiazole rings is 1. The molecule has 0 fully saturated rings. The van der Waals surface area contributed by atoms with Gasteiger partial charge in [-0.2, -0.15) is 9.94 Å². The van der Waals surface area contributed by atoms with E-state index in [1.165, 1.54) is 16.9 Å². The predicted molar refractivity (Wildman–Crippen MR) is 86.6 cm³/mol. The Morgan fingerprint density at radius 3 is 2.59 bits per heavy atom. The van der Waals surface area contributed by atoms with Crippen LogP contribution in [0.2, 0.25) is 0 Å². The van der Waals surface area contributed by atoms with Crippen LogP contribution in [-0.2, 0) is 0 Å². The fourth-order valence-corrected chi connectivity index (χ4v) is 2.71. The van der Waals surface area contributed by atoms with Gasteiger partial charge in [-0.05, 0) is 25.5 Å². The van der Waals surface area contributed by atoms with E-state index in [0.29, 0.717) is 10.8 Å². The van der Waals surface area contributed by atoms with Gasteiger partial charge in [-0.3, -0.25) is 0 Å². The molecule has 0 bridgehead atoms.